The molecule has 2 amide bonds. The predicted molar refractivity (Wildman–Crippen MR) is 177 cm³/mol. The standard InChI is InChI=1S/C31H31Br2ClN4O7/c1-4-43-25-13-20(28-27(30(40)42-3)17(2)36-31(41)37-28)7-10-24(25)44-16-26(39)38-35-14-19-11-22(32)29(23(33)12-19)45-15-18-5-8-21(34)9-6-18/h5-14,26,28,38-39H,4,15-16H2,1-3H3,(H2,36,37,41)/b35-14-/t26-,28+/m0/s1. The molecule has 0 aromatic heterocycles. The van der Waals surface area contributed by atoms with E-state index in [0.717, 1.165) is 20.1 Å². The highest BCUT2D eigenvalue weighted by Crippen LogP contribution is 2.36. The summed E-state index contributed by atoms with van der Waals surface area (Å²) in [6, 6.07) is 14.9. The van der Waals surface area contributed by atoms with Gasteiger partial charge in [-0.25, -0.2) is 9.59 Å². The third-order valence-electron chi connectivity index (χ3n) is 6.43. The Kier molecular flexibility index (Phi) is 12.1. The van der Waals surface area contributed by atoms with Crippen molar-refractivity contribution in [3.63, 3.8) is 0 Å². The largest absolute Gasteiger partial charge is 0.490 e. The van der Waals surface area contributed by atoms with E-state index in [1.165, 1.54) is 7.11 Å². The van der Waals surface area contributed by atoms with Gasteiger partial charge in [0.15, 0.2) is 17.7 Å². The van der Waals surface area contributed by atoms with Gasteiger partial charge in [-0.15, -0.1) is 0 Å². The minimum Gasteiger partial charge on any atom is -0.490 e. The summed E-state index contributed by atoms with van der Waals surface area (Å²) in [5.41, 5.74) is 5.59. The van der Waals surface area contributed by atoms with Crippen LogP contribution in [-0.2, 0) is 16.1 Å². The zero-order valence-corrected chi connectivity index (χ0v) is 28.5. The van der Waals surface area contributed by atoms with E-state index >= 15 is 0 Å². The van der Waals surface area contributed by atoms with E-state index in [2.05, 4.69) is 53.0 Å². The van der Waals surface area contributed by atoms with Crippen LogP contribution < -0.4 is 30.3 Å². The number of methoxy groups -OCH3 is 1. The van der Waals surface area contributed by atoms with Gasteiger partial charge in [0.1, 0.15) is 19.0 Å². The molecule has 4 rings (SSSR count). The van der Waals surface area contributed by atoms with Gasteiger partial charge in [-0.2, -0.15) is 5.10 Å². The molecule has 45 heavy (non-hydrogen) atoms. The lowest BCUT2D eigenvalue weighted by Crippen LogP contribution is -2.45. The van der Waals surface area contributed by atoms with Gasteiger partial charge in [0.25, 0.3) is 0 Å². The van der Waals surface area contributed by atoms with E-state index in [4.69, 9.17) is 30.5 Å². The molecule has 3 aromatic carbocycles. The molecule has 1 heterocycles. The first kappa shape index (κ1) is 34.1. The molecular weight excluding hydrogens is 736 g/mol. The molecular formula is C31H31Br2ClN4O7. The number of amides is 2. The van der Waals surface area contributed by atoms with Crippen molar-refractivity contribution in [3.8, 4) is 17.2 Å². The molecule has 0 saturated heterocycles. The van der Waals surface area contributed by atoms with Crippen LogP contribution in [-0.4, -0.2) is 49.9 Å². The number of hydrogen-bond donors (Lipinski definition) is 4. The second-order valence-electron chi connectivity index (χ2n) is 9.64. The molecule has 1 aliphatic heterocycles. The first-order chi connectivity index (χ1) is 21.6. The van der Waals surface area contributed by atoms with Gasteiger partial charge in [-0.1, -0.05) is 29.8 Å². The maximum Gasteiger partial charge on any atom is 0.337 e. The summed E-state index contributed by atoms with van der Waals surface area (Å²) in [4.78, 5) is 24.6. The Balaban J connectivity index is 1.37. The van der Waals surface area contributed by atoms with Crippen molar-refractivity contribution >= 4 is 61.7 Å². The molecule has 0 spiro atoms. The van der Waals surface area contributed by atoms with Crippen molar-refractivity contribution in [1.82, 2.24) is 16.1 Å². The number of rotatable bonds is 13. The monoisotopic (exact) mass is 764 g/mol. The first-order valence-corrected chi connectivity index (χ1v) is 15.6. The molecule has 238 valence electrons. The smallest absolute Gasteiger partial charge is 0.337 e. The summed E-state index contributed by atoms with van der Waals surface area (Å²) in [6.07, 6.45) is 0.397. The van der Waals surface area contributed by atoms with Gasteiger partial charge in [-0.3, -0.25) is 5.43 Å². The van der Waals surface area contributed by atoms with Gasteiger partial charge in [0, 0.05) is 10.7 Å². The number of aliphatic hydroxyl groups excluding tert-OH is 1. The number of nitrogens with zero attached hydrogens (tertiary/aromatic N) is 1. The van der Waals surface area contributed by atoms with Gasteiger partial charge in [0.2, 0.25) is 0 Å². The number of hydrazone groups is 1. The number of benzene rings is 3. The van der Waals surface area contributed by atoms with Crippen molar-refractivity contribution in [2.75, 3.05) is 20.3 Å². The van der Waals surface area contributed by atoms with Crippen LogP contribution in [0.5, 0.6) is 17.2 Å². The van der Waals surface area contributed by atoms with Crippen LogP contribution in [0, 0.1) is 0 Å². The summed E-state index contributed by atoms with van der Waals surface area (Å²) in [6.45, 7) is 3.98. The summed E-state index contributed by atoms with van der Waals surface area (Å²) in [5.74, 6) is 0.785. The second kappa shape index (κ2) is 16.0. The highest BCUT2D eigenvalue weighted by molar-refractivity contribution is 9.11. The number of carbonyl (C=O) groups is 2. The Labute approximate surface area is 282 Å². The van der Waals surface area contributed by atoms with Gasteiger partial charge < -0.3 is 34.7 Å². The van der Waals surface area contributed by atoms with Crippen LogP contribution in [0.4, 0.5) is 4.79 Å². The minimum atomic E-state index is -1.15. The summed E-state index contributed by atoms with van der Waals surface area (Å²) in [7, 11) is 1.27. The van der Waals surface area contributed by atoms with E-state index in [9.17, 15) is 14.7 Å². The lowest BCUT2D eigenvalue weighted by atomic mass is 9.95. The average molecular weight is 767 g/mol. The number of allylic oxidation sites excluding steroid dienone is 1. The maximum absolute atomic E-state index is 12.4. The summed E-state index contributed by atoms with van der Waals surface area (Å²) >= 11 is 13.0. The number of esters is 1. The van der Waals surface area contributed by atoms with Gasteiger partial charge >= 0.3 is 12.0 Å². The third kappa shape index (κ3) is 9.13. The molecule has 0 radical (unpaired) electrons. The molecule has 0 unspecified atom stereocenters. The molecule has 14 heteroatoms. The maximum atomic E-state index is 12.4. The van der Waals surface area contributed by atoms with Crippen LogP contribution in [0.3, 0.4) is 0 Å². The molecule has 1 aliphatic rings. The van der Waals surface area contributed by atoms with Crippen molar-refractivity contribution < 1.29 is 33.6 Å². The fraction of sp³-hybridized carbons (Fsp3) is 0.258. The topological polar surface area (TPSA) is 140 Å². The summed E-state index contributed by atoms with van der Waals surface area (Å²) < 4.78 is 23.9. The van der Waals surface area contributed by atoms with E-state index in [1.807, 2.05) is 43.3 Å². The minimum absolute atomic E-state index is 0.155. The second-order valence-corrected chi connectivity index (χ2v) is 11.8. The lowest BCUT2D eigenvalue weighted by molar-refractivity contribution is -0.136. The number of carbonyl (C=O) groups excluding carboxylic acids is 2. The number of nitrogens with one attached hydrogen (secondary N) is 3. The highest BCUT2D eigenvalue weighted by atomic mass is 79.9. The third-order valence-corrected chi connectivity index (χ3v) is 7.86. The molecule has 0 aliphatic carbocycles. The molecule has 4 N–H and O–H groups in total. The average Bonchev–Trinajstić information content (AvgIpc) is 3.00. The molecule has 2 atom stereocenters. The van der Waals surface area contributed by atoms with E-state index < -0.39 is 24.3 Å². The zero-order valence-electron chi connectivity index (χ0n) is 24.5. The molecule has 0 bridgehead atoms. The number of urea groups is 1. The van der Waals surface area contributed by atoms with Crippen molar-refractivity contribution in [2.24, 2.45) is 5.10 Å². The van der Waals surface area contributed by atoms with Crippen LogP contribution in [0.25, 0.3) is 0 Å². The first-order valence-electron chi connectivity index (χ1n) is 13.7. The van der Waals surface area contributed by atoms with Crippen LogP contribution in [0.1, 0.15) is 36.6 Å². The highest BCUT2D eigenvalue weighted by Gasteiger charge is 2.32. The van der Waals surface area contributed by atoms with Crippen LogP contribution in [0.15, 0.2) is 79.9 Å². The van der Waals surface area contributed by atoms with E-state index in [0.29, 0.717) is 46.7 Å². The summed E-state index contributed by atoms with van der Waals surface area (Å²) in [5, 5.41) is 20.6. The Morgan fingerprint density at radius 2 is 1.80 bits per heavy atom. The van der Waals surface area contributed by atoms with E-state index in [1.54, 1.807) is 31.3 Å². The Hall–Kier alpha value is -3.78. The van der Waals surface area contributed by atoms with Crippen molar-refractivity contribution in [1.29, 1.82) is 0 Å². The molecule has 0 fully saturated rings. The Bertz CT molecular complexity index is 1580. The normalized spacial score (nSPS) is 15.3. The number of halogens is 3. The fourth-order valence-corrected chi connectivity index (χ4v) is 5.92. The van der Waals surface area contributed by atoms with E-state index in [-0.39, 0.29) is 12.2 Å². The Morgan fingerprint density at radius 1 is 1.09 bits per heavy atom. The van der Waals surface area contributed by atoms with Gasteiger partial charge in [0.05, 0.1) is 40.5 Å². The number of ether oxygens (including phenoxy) is 4. The number of hydrogen-bond acceptors (Lipinski definition) is 9. The number of aliphatic hydroxyl groups is 1. The quantitative estimate of drug-likeness (QED) is 0.0724. The SMILES string of the molecule is CCOc1cc([C@H]2NC(=O)NC(C)=C2C(=O)OC)ccc1OC[C@H](O)N/N=C\c1cc(Br)c(OCc2ccc(Cl)cc2)c(Br)c1. The van der Waals surface area contributed by atoms with Crippen LogP contribution >= 0.6 is 43.5 Å². The predicted octanol–water partition coefficient (Wildman–Crippen LogP) is 5.96. The Morgan fingerprint density at radius 3 is 2.47 bits per heavy atom. The van der Waals surface area contributed by atoms with Crippen LogP contribution in [0.2, 0.25) is 5.02 Å². The molecule has 11 nitrogen and oxygen atoms in total. The fourth-order valence-electron chi connectivity index (χ4n) is 4.35. The lowest BCUT2D eigenvalue weighted by Gasteiger charge is -2.28. The van der Waals surface area contributed by atoms with Gasteiger partial charge in [-0.05, 0) is 98.8 Å². The molecule has 0 saturated carbocycles. The van der Waals surface area contributed by atoms with Crippen molar-refractivity contribution in [2.45, 2.75) is 32.7 Å². The zero-order chi connectivity index (χ0) is 32.5. The molecule has 3 aromatic rings. The van der Waals surface area contributed by atoms with Crippen molar-refractivity contribution in [3.05, 3.63) is 96.5 Å².